The monoisotopic (exact) mass is 538 g/mol. The molecule has 1 aliphatic rings. The molecule has 1 aliphatic heterocycles. The average molecular weight is 539 g/mol. The van der Waals surface area contributed by atoms with Crippen LogP contribution in [0.15, 0.2) is 90.2 Å². The number of allylic oxidation sites excluding steroid dienone is 1. The summed E-state index contributed by atoms with van der Waals surface area (Å²) in [6.07, 6.45) is 3.00. The smallest absolute Gasteiger partial charge is 0.159 e. The van der Waals surface area contributed by atoms with E-state index in [1.165, 1.54) is 16.5 Å². The quantitative estimate of drug-likeness (QED) is 0.261. The molecular formula is C31H31ClN6O. The fourth-order valence-electron chi connectivity index (χ4n) is 4.61. The molecule has 0 atom stereocenters. The van der Waals surface area contributed by atoms with Gasteiger partial charge in [0.25, 0.3) is 0 Å². The maximum absolute atomic E-state index is 6.02. The van der Waals surface area contributed by atoms with E-state index in [-0.39, 0.29) is 0 Å². The van der Waals surface area contributed by atoms with Crippen molar-refractivity contribution in [3.05, 3.63) is 119 Å². The number of aliphatic imine (C=N–C) groups is 1. The largest absolute Gasteiger partial charge is 0.497 e. The lowest BCUT2D eigenvalue weighted by Gasteiger charge is -2.14. The van der Waals surface area contributed by atoms with Crippen molar-refractivity contribution < 1.29 is 4.74 Å². The number of nitrogens with one attached hydrogen (secondary N) is 2. The van der Waals surface area contributed by atoms with Crippen molar-refractivity contribution >= 4 is 28.2 Å². The zero-order chi connectivity index (χ0) is 27.4. The Morgan fingerprint density at radius 2 is 1.90 bits per heavy atom. The molecule has 0 radical (unpaired) electrons. The Hall–Kier alpha value is -4.36. The summed E-state index contributed by atoms with van der Waals surface area (Å²) in [6, 6.07) is 22.3. The van der Waals surface area contributed by atoms with E-state index in [0.717, 1.165) is 58.6 Å². The van der Waals surface area contributed by atoms with Gasteiger partial charge < -0.3 is 15.0 Å². The summed E-state index contributed by atoms with van der Waals surface area (Å²) in [5.74, 6) is 2.44. The van der Waals surface area contributed by atoms with E-state index in [4.69, 9.17) is 21.3 Å². The van der Waals surface area contributed by atoms with Crippen LogP contribution < -0.4 is 10.1 Å². The molecule has 0 saturated heterocycles. The molecule has 0 fully saturated rings. The van der Waals surface area contributed by atoms with Gasteiger partial charge in [0, 0.05) is 40.1 Å². The molecule has 0 bridgehead atoms. The van der Waals surface area contributed by atoms with Gasteiger partial charge in [-0.25, -0.2) is 0 Å². The van der Waals surface area contributed by atoms with Crippen molar-refractivity contribution in [3.8, 4) is 11.4 Å². The summed E-state index contributed by atoms with van der Waals surface area (Å²) in [4.78, 5) is 8.01. The second-order valence-electron chi connectivity index (χ2n) is 9.41. The van der Waals surface area contributed by atoms with Crippen molar-refractivity contribution in [1.29, 1.82) is 0 Å². The number of ether oxygens (including phenoxy) is 1. The Morgan fingerprint density at radius 1 is 1.08 bits per heavy atom. The number of H-pyrrole nitrogens is 1. The first kappa shape index (κ1) is 26.3. The first-order chi connectivity index (χ1) is 18.9. The van der Waals surface area contributed by atoms with E-state index in [1.807, 2.05) is 67.1 Å². The minimum Gasteiger partial charge on any atom is -0.497 e. The standard InChI is InChI=1S/C18H15ClN4O.C13H16N2/c1-11-21-22-17-10-20-18(12-3-5-13(19)6-4-12)15-9-14(24-2)7-8-16(15)23(11)17;1-10(2)14-7-5-11-3-4-12-6-8-15-13(12)9-11/h3-9H,10H2,1-2H3;3-4,6,8-9,14-15H,1,5,7H2,2H3. The van der Waals surface area contributed by atoms with Crippen LogP contribution in [0.25, 0.3) is 16.6 Å². The second kappa shape index (κ2) is 11.6. The van der Waals surface area contributed by atoms with Crippen molar-refractivity contribution in [3.63, 3.8) is 0 Å². The van der Waals surface area contributed by atoms with E-state index in [9.17, 15) is 0 Å². The lowest BCUT2D eigenvalue weighted by Crippen LogP contribution is -2.13. The molecular weight excluding hydrogens is 508 g/mol. The zero-order valence-electron chi connectivity index (χ0n) is 22.3. The Bertz CT molecular complexity index is 1650. The van der Waals surface area contributed by atoms with E-state index < -0.39 is 0 Å². The first-order valence-electron chi connectivity index (χ1n) is 12.8. The van der Waals surface area contributed by atoms with E-state index in [1.54, 1.807) is 7.11 Å². The molecule has 2 N–H and O–H groups in total. The summed E-state index contributed by atoms with van der Waals surface area (Å²) in [5, 5.41) is 13.6. The Labute approximate surface area is 233 Å². The number of methoxy groups -OCH3 is 1. The Balaban J connectivity index is 0.000000177. The van der Waals surface area contributed by atoms with Gasteiger partial charge in [-0.2, -0.15) is 0 Å². The number of aromatic amines is 1. The van der Waals surface area contributed by atoms with Crippen molar-refractivity contribution in [1.82, 2.24) is 25.1 Å². The van der Waals surface area contributed by atoms with Crippen LogP contribution in [0.5, 0.6) is 5.75 Å². The van der Waals surface area contributed by atoms with Crippen LogP contribution in [-0.4, -0.2) is 39.1 Å². The molecule has 198 valence electrons. The predicted octanol–water partition coefficient (Wildman–Crippen LogP) is 6.42. The van der Waals surface area contributed by atoms with Gasteiger partial charge in [0.1, 0.15) is 18.1 Å². The van der Waals surface area contributed by atoms with Gasteiger partial charge in [0.05, 0.1) is 18.5 Å². The number of benzene rings is 3. The highest BCUT2D eigenvalue weighted by Crippen LogP contribution is 2.29. The predicted molar refractivity (Wildman–Crippen MR) is 158 cm³/mol. The van der Waals surface area contributed by atoms with Crippen molar-refractivity contribution in [2.45, 2.75) is 26.8 Å². The minimum absolute atomic E-state index is 0.468. The van der Waals surface area contributed by atoms with Crippen LogP contribution in [0.2, 0.25) is 5.02 Å². The van der Waals surface area contributed by atoms with E-state index >= 15 is 0 Å². The average Bonchev–Trinajstić information content (AvgIpc) is 3.51. The number of nitrogens with zero attached hydrogens (tertiary/aromatic N) is 4. The molecule has 0 aliphatic carbocycles. The second-order valence-corrected chi connectivity index (χ2v) is 9.85. The molecule has 8 heteroatoms. The van der Waals surface area contributed by atoms with Gasteiger partial charge in [-0.3, -0.25) is 9.56 Å². The fourth-order valence-corrected chi connectivity index (χ4v) is 4.73. The molecule has 2 aromatic heterocycles. The molecule has 0 spiro atoms. The molecule has 5 aromatic rings. The molecule has 0 saturated carbocycles. The van der Waals surface area contributed by atoms with E-state index in [2.05, 4.69) is 51.3 Å². The topological polar surface area (TPSA) is 80.1 Å². The maximum atomic E-state index is 6.02. The van der Waals surface area contributed by atoms with Gasteiger partial charge in [-0.05, 0) is 73.7 Å². The summed E-state index contributed by atoms with van der Waals surface area (Å²) >= 11 is 6.02. The summed E-state index contributed by atoms with van der Waals surface area (Å²) in [7, 11) is 1.66. The Morgan fingerprint density at radius 3 is 2.67 bits per heavy atom. The Kier molecular flexibility index (Phi) is 7.79. The van der Waals surface area contributed by atoms with Crippen LogP contribution in [-0.2, 0) is 13.0 Å². The number of hydrogen-bond donors (Lipinski definition) is 2. The zero-order valence-corrected chi connectivity index (χ0v) is 23.1. The number of hydrogen-bond acceptors (Lipinski definition) is 5. The lowest BCUT2D eigenvalue weighted by molar-refractivity contribution is 0.414. The molecule has 0 unspecified atom stereocenters. The maximum Gasteiger partial charge on any atom is 0.159 e. The summed E-state index contributed by atoms with van der Waals surface area (Å²) < 4.78 is 7.45. The van der Waals surface area contributed by atoms with Gasteiger partial charge in [-0.15, -0.1) is 10.2 Å². The third-order valence-corrected chi connectivity index (χ3v) is 6.80. The highest BCUT2D eigenvalue weighted by atomic mass is 35.5. The van der Waals surface area contributed by atoms with Crippen molar-refractivity contribution in [2.24, 2.45) is 4.99 Å². The SMILES string of the molecule is C=C(C)NCCc1ccc2cc[nH]c2c1.COc1ccc2c(c1)C(c1ccc(Cl)cc1)=NCc1nnc(C)n1-2. The third-order valence-electron chi connectivity index (χ3n) is 6.55. The molecule has 7 nitrogen and oxygen atoms in total. The van der Waals surface area contributed by atoms with Crippen LogP contribution in [0.1, 0.15) is 35.3 Å². The van der Waals surface area contributed by atoms with Crippen LogP contribution in [0.3, 0.4) is 0 Å². The molecule has 6 rings (SSSR count). The van der Waals surface area contributed by atoms with Crippen LogP contribution >= 0.6 is 11.6 Å². The minimum atomic E-state index is 0.468. The van der Waals surface area contributed by atoms with Gasteiger partial charge in [-0.1, -0.05) is 42.4 Å². The summed E-state index contributed by atoms with van der Waals surface area (Å²) in [5.41, 5.74) is 7.46. The highest BCUT2D eigenvalue weighted by Gasteiger charge is 2.22. The number of halogens is 1. The molecule has 39 heavy (non-hydrogen) atoms. The molecule has 0 amide bonds. The molecule has 3 heterocycles. The van der Waals surface area contributed by atoms with Crippen LogP contribution in [0, 0.1) is 6.92 Å². The molecule has 3 aromatic carbocycles. The third kappa shape index (κ3) is 5.89. The van der Waals surface area contributed by atoms with Gasteiger partial charge in [0.2, 0.25) is 0 Å². The number of rotatable bonds is 6. The summed E-state index contributed by atoms with van der Waals surface area (Å²) in [6.45, 7) is 9.15. The first-order valence-corrected chi connectivity index (χ1v) is 13.2. The number of aryl methyl sites for hydroxylation is 1. The number of fused-ring (bicyclic) bond motifs is 4. The van der Waals surface area contributed by atoms with Gasteiger partial charge >= 0.3 is 0 Å². The fraction of sp³-hybridized carbons (Fsp3) is 0.194. The normalized spacial score (nSPS) is 11.9. The lowest BCUT2D eigenvalue weighted by atomic mass is 10.00. The van der Waals surface area contributed by atoms with Crippen LogP contribution in [0.4, 0.5) is 0 Å². The number of aromatic nitrogens is 4. The van der Waals surface area contributed by atoms with E-state index in [0.29, 0.717) is 11.6 Å². The van der Waals surface area contributed by atoms with Crippen molar-refractivity contribution in [2.75, 3.05) is 13.7 Å². The highest BCUT2D eigenvalue weighted by molar-refractivity contribution is 6.30. The van der Waals surface area contributed by atoms with Gasteiger partial charge in [0.15, 0.2) is 5.82 Å².